The molecule has 1 saturated heterocycles. The summed E-state index contributed by atoms with van der Waals surface area (Å²) in [4.78, 5) is 11.8. The van der Waals surface area contributed by atoms with Gasteiger partial charge in [0.05, 0.1) is 11.0 Å². The molecule has 116 valence electrons. The predicted molar refractivity (Wildman–Crippen MR) is 95.2 cm³/mol. The SMILES string of the molecule is Brc1ccc(Oc2nc3ccccc3nc2N2CCCC2)cc1. The number of ether oxygens (including phenoxy) is 1. The monoisotopic (exact) mass is 369 g/mol. The van der Waals surface area contributed by atoms with Crippen molar-refractivity contribution in [2.75, 3.05) is 18.0 Å². The number of rotatable bonds is 3. The van der Waals surface area contributed by atoms with Crippen LogP contribution in [0.4, 0.5) is 5.82 Å². The molecule has 3 aromatic rings. The highest BCUT2D eigenvalue weighted by Gasteiger charge is 2.20. The molecular formula is C18H16BrN3O. The Hall–Kier alpha value is -2.14. The molecule has 2 heterocycles. The average Bonchev–Trinajstić information content (AvgIpc) is 3.11. The molecule has 23 heavy (non-hydrogen) atoms. The van der Waals surface area contributed by atoms with Crippen molar-refractivity contribution < 1.29 is 4.74 Å². The molecule has 0 N–H and O–H groups in total. The van der Waals surface area contributed by atoms with Crippen LogP contribution in [-0.2, 0) is 0 Å². The van der Waals surface area contributed by atoms with Gasteiger partial charge in [0.2, 0.25) is 0 Å². The molecule has 1 aliphatic heterocycles. The minimum absolute atomic E-state index is 0.577. The van der Waals surface area contributed by atoms with E-state index in [2.05, 4.69) is 20.8 Å². The van der Waals surface area contributed by atoms with E-state index in [0.717, 1.165) is 40.2 Å². The van der Waals surface area contributed by atoms with E-state index < -0.39 is 0 Å². The van der Waals surface area contributed by atoms with E-state index in [0.29, 0.717) is 5.88 Å². The lowest BCUT2D eigenvalue weighted by Crippen LogP contribution is -2.20. The van der Waals surface area contributed by atoms with Crippen LogP contribution in [0.15, 0.2) is 53.0 Å². The number of nitrogens with zero attached hydrogens (tertiary/aromatic N) is 3. The highest BCUT2D eigenvalue weighted by atomic mass is 79.9. The smallest absolute Gasteiger partial charge is 0.263 e. The minimum Gasteiger partial charge on any atom is -0.436 e. The maximum absolute atomic E-state index is 6.05. The molecule has 4 nitrogen and oxygen atoms in total. The van der Waals surface area contributed by atoms with Crippen molar-refractivity contribution in [3.05, 3.63) is 53.0 Å². The van der Waals surface area contributed by atoms with E-state index in [-0.39, 0.29) is 0 Å². The summed E-state index contributed by atoms with van der Waals surface area (Å²) in [5, 5.41) is 0. The fraction of sp³-hybridized carbons (Fsp3) is 0.222. The zero-order chi connectivity index (χ0) is 15.6. The van der Waals surface area contributed by atoms with Crippen molar-refractivity contribution in [2.24, 2.45) is 0 Å². The molecule has 0 spiro atoms. The van der Waals surface area contributed by atoms with Crippen molar-refractivity contribution in [1.29, 1.82) is 0 Å². The lowest BCUT2D eigenvalue weighted by Gasteiger charge is -2.19. The Bertz CT molecular complexity index is 829. The molecule has 1 aliphatic rings. The number of benzene rings is 2. The second-order valence-electron chi connectivity index (χ2n) is 5.59. The Morgan fingerprint density at radius 3 is 2.22 bits per heavy atom. The third-order valence-electron chi connectivity index (χ3n) is 3.96. The number of para-hydroxylation sites is 2. The van der Waals surface area contributed by atoms with Crippen LogP contribution >= 0.6 is 15.9 Å². The van der Waals surface area contributed by atoms with Crippen LogP contribution in [0.3, 0.4) is 0 Å². The molecule has 0 atom stereocenters. The van der Waals surface area contributed by atoms with Gasteiger partial charge in [-0.15, -0.1) is 0 Å². The molecule has 0 saturated carbocycles. The van der Waals surface area contributed by atoms with Crippen molar-refractivity contribution in [3.8, 4) is 11.6 Å². The van der Waals surface area contributed by atoms with Gasteiger partial charge in [0.25, 0.3) is 5.88 Å². The van der Waals surface area contributed by atoms with Crippen molar-refractivity contribution in [2.45, 2.75) is 12.8 Å². The number of anilines is 1. The topological polar surface area (TPSA) is 38.3 Å². The summed E-state index contributed by atoms with van der Waals surface area (Å²) in [6.45, 7) is 2.01. The van der Waals surface area contributed by atoms with E-state index in [9.17, 15) is 0 Å². The van der Waals surface area contributed by atoms with Crippen molar-refractivity contribution in [3.63, 3.8) is 0 Å². The molecule has 5 heteroatoms. The summed E-state index contributed by atoms with van der Waals surface area (Å²) >= 11 is 3.44. The minimum atomic E-state index is 0.577. The number of fused-ring (bicyclic) bond motifs is 1. The van der Waals surface area contributed by atoms with Crippen LogP contribution < -0.4 is 9.64 Å². The third kappa shape index (κ3) is 3.01. The average molecular weight is 370 g/mol. The van der Waals surface area contributed by atoms with Crippen LogP contribution in [-0.4, -0.2) is 23.1 Å². The number of halogens is 1. The number of hydrogen-bond acceptors (Lipinski definition) is 4. The van der Waals surface area contributed by atoms with E-state index in [4.69, 9.17) is 14.7 Å². The first kappa shape index (κ1) is 14.5. The van der Waals surface area contributed by atoms with Gasteiger partial charge in [-0.05, 0) is 49.2 Å². The lowest BCUT2D eigenvalue weighted by molar-refractivity contribution is 0.462. The summed E-state index contributed by atoms with van der Waals surface area (Å²) in [5.74, 6) is 2.18. The second-order valence-corrected chi connectivity index (χ2v) is 6.51. The zero-order valence-electron chi connectivity index (χ0n) is 12.6. The molecule has 0 radical (unpaired) electrons. The van der Waals surface area contributed by atoms with Gasteiger partial charge < -0.3 is 9.64 Å². The number of hydrogen-bond donors (Lipinski definition) is 0. The maximum atomic E-state index is 6.05. The van der Waals surface area contributed by atoms with Crippen LogP contribution in [0.2, 0.25) is 0 Å². The fourth-order valence-corrected chi connectivity index (χ4v) is 3.06. The Balaban J connectivity index is 1.78. The maximum Gasteiger partial charge on any atom is 0.263 e. The zero-order valence-corrected chi connectivity index (χ0v) is 14.2. The molecule has 0 aliphatic carbocycles. The lowest BCUT2D eigenvalue weighted by atomic mass is 10.3. The van der Waals surface area contributed by atoms with E-state index in [1.54, 1.807) is 0 Å². The van der Waals surface area contributed by atoms with Crippen molar-refractivity contribution in [1.82, 2.24) is 9.97 Å². The molecule has 0 amide bonds. The number of aromatic nitrogens is 2. The van der Waals surface area contributed by atoms with Gasteiger partial charge in [0.15, 0.2) is 5.82 Å². The summed E-state index contributed by atoms with van der Waals surface area (Å²) < 4.78 is 7.07. The molecule has 2 aromatic carbocycles. The van der Waals surface area contributed by atoms with E-state index in [1.807, 2.05) is 48.5 Å². The van der Waals surface area contributed by atoms with E-state index >= 15 is 0 Å². The summed E-state index contributed by atoms with van der Waals surface area (Å²) in [6, 6.07) is 15.7. The molecule has 1 fully saturated rings. The Labute approximate surface area is 143 Å². The summed E-state index contributed by atoms with van der Waals surface area (Å²) in [5.41, 5.74) is 1.75. The van der Waals surface area contributed by atoms with Gasteiger partial charge >= 0.3 is 0 Å². The van der Waals surface area contributed by atoms with Gasteiger partial charge in [-0.2, -0.15) is 0 Å². The molecule has 4 rings (SSSR count). The third-order valence-corrected chi connectivity index (χ3v) is 4.48. The van der Waals surface area contributed by atoms with Gasteiger partial charge in [-0.25, -0.2) is 9.97 Å². The fourth-order valence-electron chi connectivity index (χ4n) is 2.79. The predicted octanol–water partition coefficient (Wildman–Crippen LogP) is 4.78. The van der Waals surface area contributed by atoms with Crippen LogP contribution in [0.25, 0.3) is 11.0 Å². The van der Waals surface area contributed by atoms with Gasteiger partial charge in [0, 0.05) is 17.6 Å². The summed E-state index contributed by atoms with van der Waals surface area (Å²) in [6.07, 6.45) is 2.37. The highest BCUT2D eigenvalue weighted by molar-refractivity contribution is 9.10. The quantitative estimate of drug-likeness (QED) is 0.665. The first-order valence-electron chi connectivity index (χ1n) is 7.75. The van der Waals surface area contributed by atoms with Gasteiger partial charge in [-0.3, -0.25) is 0 Å². The molecule has 0 unspecified atom stereocenters. The van der Waals surface area contributed by atoms with Crippen LogP contribution in [0.1, 0.15) is 12.8 Å². The van der Waals surface area contributed by atoms with Crippen LogP contribution in [0, 0.1) is 0 Å². The first-order chi connectivity index (χ1) is 11.3. The van der Waals surface area contributed by atoms with Gasteiger partial charge in [0.1, 0.15) is 5.75 Å². The normalized spacial score (nSPS) is 14.4. The standard InChI is InChI=1S/C18H16BrN3O/c19-13-7-9-14(10-8-13)23-18-17(22-11-3-4-12-22)20-15-5-1-2-6-16(15)21-18/h1-2,5-10H,3-4,11-12H2. The second kappa shape index (κ2) is 6.16. The molecular weight excluding hydrogens is 354 g/mol. The Morgan fingerprint density at radius 2 is 1.52 bits per heavy atom. The molecule has 1 aromatic heterocycles. The van der Waals surface area contributed by atoms with Crippen molar-refractivity contribution >= 4 is 32.8 Å². The van der Waals surface area contributed by atoms with E-state index in [1.165, 1.54) is 12.8 Å². The molecule has 0 bridgehead atoms. The Kier molecular flexibility index (Phi) is 3.87. The highest BCUT2D eigenvalue weighted by Crippen LogP contribution is 2.33. The first-order valence-corrected chi connectivity index (χ1v) is 8.54. The van der Waals surface area contributed by atoms with Crippen LogP contribution in [0.5, 0.6) is 11.6 Å². The summed E-state index contributed by atoms with van der Waals surface area (Å²) in [7, 11) is 0. The largest absolute Gasteiger partial charge is 0.436 e. The Morgan fingerprint density at radius 1 is 0.870 bits per heavy atom. The van der Waals surface area contributed by atoms with Gasteiger partial charge in [-0.1, -0.05) is 28.1 Å².